The Hall–Kier alpha value is -3.33. The Bertz CT molecular complexity index is 1200. The Labute approximate surface area is 203 Å². The van der Waals surface area contributed by atoms with Crippen LogP contribution in [-0.2, 0) is 4.79 Å². The van der Waals surface area contributed by atoms with Crippen LogP contribution in [0.15, 0.2) is 47.6 Å². The topological polar surface area (TPSA) is 91.5 Å². The van der Waals surface area contributed by atoms with Gasteiger partial charge in [-0.25, -0.2) is 9.88 Å². The molecular weight excluding hydrogens is 452 g/mol. The van der Waals surface area contributed by atoms with Gasteiger partial charge in [-0.1, -0.05) is 48.3 Å². The number of ether oxygens (including phenoxy) is 2. The fraction of sp³-hybridized carbons (Fsp3) is 0.360. The molecule has 1 aliphatic rings. The highest BCUT2D eigenvalue weighted by atomic mass is 32.2. The summed E-state index contributed by atoms with van der Waals surface area (Å²) in [7, 11) is 3.13. The maximum atomic E-state index is 13.3. The summed E-state index contributed by atoms with van der Waals surface area (Å²) in [5, 5.41) is 18.4. The number of para-hydroxylation sites is 1. The van der Waals surface area contributed by atoms with Crippen molar-refractivity contribution in [2.24, 2.45) is 0 Å². The van der Waals surface area contributed by atoms with Crippen molar-refractivity contribution >= 4 is 23.4 Å². The van der Waals surface area contributed by atoms with Gasteiger partial charge in [0.2, 0.25) is 5.91 Å². The second kappa shape index (κ2) is 10.3. The van der Waals surface area contributed by atoms with Crippen LogP contribution in [0.2, 0.25) is 0 Å². The third kappa shape index (κ3) is 4.40. The van der Waals surface area contributed by atoms with Gasteiger partial charge in [-0.05, 0) is 36.8 Å². The van der Waals surface area contributed by atoms with Crippen LogP contribution in [0.25, 0.3) is 11.3 Å². The number of benzene rings is 2. The number of thioether (sulfide) groups is 1. The van der Waals surface area contributed by atoms with Crippen molar-refractivity contribution in [3.63, 3.8) is 0 Å². The van der Waals surface area contributed by atoms with Gasteiger partial charge >= 0.3 is 0 Å². The van der Waals surface area contributed by atoms with E-state index in [1.54, 1.807) is 29.9 Å². The van der Waals surface area contributed by atoms with Crippen molar-refractivity contribution in [3.8, 4) is 28.6 Å². The minimum atomic E-state index is -0.687. The molecule has 3 aromatic rings. The molecule has 0 spiro atoms. The molecule has 1 aromatic heterocycles. The summed E-state index contributed by atoms with van der Waals surface area (Å²) in [4.78, 5) is 18.9. The second-order valence-corrected chi connectivity index (χ2v) is 9.00. The zero-order valence-corrected chi connectivity index (χ0v) is 20.6. The summed E-state index contributed by atoms with van der Waals surface area (Å²) in [6, 6.07) is 12.8. The first-order chi connectivity index (χ1) is 16.5. The molecule has 2 aromatic carbocycles. The number of carbonyl (C=O) groups excluding carboxylic acids is 1. The van der Waals surface area contributed by atoms with Gasteiger partial charge in [0, 0.05) is 23.3 Å². The van der Waals surface area contributed by atoms with Gasteiger partial charge in [0.15, 0.2) is 11.5 Å². The number of rotatable bonds is 8. The summed E-state index contributed by atoms with van der Waals surface area (Å²) in [6.07, 6.45) is 2.54. The van der Waals surface area contributed by atoms with Crippen LogP contribution in [-0.4, -0.2) is 36.0 Å². The molecule has 0 saturated carbocycles. The van der Waals surface area contributed by atoms with Gasteiger partial charge in [0.25, 0.3) is 17.0 Å². The lowest BCUT2D eigenvalue weighted by molar-refractivity contribution is -0.764. The van der Waals surface area contributed by atoms with Crippen molar-refractivity contribution in [1.82, 2.24) is 10.1 Å². The van der Waals surface area contributed by atoms with Crippen molar-refractivity contribution in [3.05, 3.63) is 48.0 Å². The molecule has 0 fully saturated rings. The quantitative estimate of drug-likeness (QED) is 0.276. The first kappa shape index (κ1) is 23.8. The maximum absolute atomic E-state index is 13.3. The highest BCUT2D eigenvalue weighted by Crippen LogP contribution is 2.42. The number of unbranched alkanes of at least 4 members (excludes halogenated alkanes) is 2. The lowest BCUT2D eigenvalue weighted by atomic mass is 10.0. The minimum absolute atomic E-state index is 0.173. The highest BCUT2D eigenvalue weighted by Gasteiger charge is 2.44. The molecular formula is C25H28N4O4S. The average molecular weight is 481 g/mol. The van der Waals surface area contributed by atoms with Gasteiger partial charge < -0.3 is 14.6 Å². The summed E-state index contributed by atoms with van der Waals surface area (Å²) < 4.78 is 12.5. The van der Waals surface area contributed by atoms with Crippen LogP contribution in [0.4, 0.5) is 5.69 Å². The first-order valence-corrected chi connectivity index (χ1v) is 12.2. The predicted octanol–water partition coefficient (Wildman–Crippen LogP) is 3.72. The van der Waals surface area contributed by atoms with Crippen LogP contribution in [0.1, 0.15) is 44.8 Å². The van der Waals surface area contributed by atoms with E-state index in [0.29, 0.717) is 33.6 Å². The number of amides is 1. The number of methoxy groups -OCH3 is 2. The molecule has 8 nitrogen and oxygen atoms in total. The molecule has 0 bridgehead atoms. The summed E-state index contributed by atoms with van der Waals surface area (Å²) >= 11 is 1.46. The lowest BCUT2D eigenvalue weighted by Crippen LogP contribution is -2.58. The largest absolute Gasteiger partial charge is 0.854 e. The zero-order valence-electron chi connectivity index (χ0n) is 19.8. The molecule has 178 valence electrons. The van der Waals surface area contributed by atoms with Gasteiger partial charge in [-0.3, -0.25) is 4.79 Å². The van der Waals surface area contributed by atoms with Crippen molar-refractivity contribution in [2.45, 2.75) is 44.4 Å². The Balaban J connectivity index is 1.92. The first-order valence-electron chi connectivity index (χ1n) is 11.2. The number of aromatic nitrogens is 3. The van der Waals surface area contributed by atoms with E-state index in [1.165, 1.54) is 18.7 Å². The molecule has 4 rings (SSSR count). The van der Waals surface area contributed by atoms with Crippen molar-refractivity contribution in [1.29, 1.82) is 0 Å². The number of fused-ring (bicyclic) bond motifs is 3. The summed E-state index contributed by atoms with van der Waals surface area (Å²) in [5.74, 6) is 1.37. The second-order valence-electron chi connectivity index (χ2n) is 7.94. The minimum Gasteiger partial charge on any atom is -0.854 e. The number of carbonyl (C=O) groups is 1. The molecule has 1 unspecified atom stereocenters. The SMILES string of the molecule is CCCCCSc1nc([O-])c2[n+](n1)C(c1ccc(OC)c(OC)c1)N(C(C)=O)c1ccccc1-2. The third-order valence-electron chi connectivity index (χ3n) is 5.74. The molecule has 2 heterocycles. The normalized spacial score (nSPS) is 14.4. The third-order valence-corrected chi connectivity index (χ3v) is 6.67. The molecule has 0 N–H and O–H groups in total. The Kier molecular flexibility index (Phi) is 7.21. The fourth-order valence-corrected chi connectivity index (χ4v) is 4.99. The summed E-state index contributed by atoms with van der Waals surface area (Å²) in [6.45, 7) is 3.66. The van der Waals surface area contributed by atoms with Crippen LogP contribution in [0.5, 0.6) is 17.4 Å². The molecule has 0 saturated heterocycles. The number of hydrogen-bond donors (Lipinski definition) is 0. The van der Waals surface area contributed by atoms with Gasteiger partial charge in [0.1, 0.15) is 0 Å². The molecule has 1 aliphatic heterocycles. The van der Waals surface area contributed by atoms with Crippen LogP contribution < -0.4 is 24.2 Å². The van der Waals surface area contributed by atoms with Gasteiger partial charge in [0.05, 0.1) is 31.4 Å². The average Bonchev–Trinajstić information content (AvgIpc) is 2.85. The lowest BCUT2D eigenvalue weighted by Gasteiger charge is -2.33. The van der Waals surface area contributed by atoms with Crippen LogP contribution >= 0.6 is 11.8 Å². The van der Waals surface area contributed by atoms with Crippen molar-refractivity contribution < 1.29 is 24.1 Å². The highest BCUT2D eigenvalue weighted by molar-refractivity contribution is 7.99. The van der Waals surface area contributed by atoms with Crippen LogP contribution in [0.3, 0.4) is 0 Å². The van der Waals surface area contributed by atoms with E-state index in [1.807, 2.05) is 36.4 Å². The monoisotopic (exact) mass is 480 g/mol. The Morgan fingerprint density at radius 3 is 2.62 bits per heavy atom. The van der Waals surface area contributed by atoms with E-state index in [0.717, 1.165) is 30.6 Å². The number of nitrogens with zero attached hydrogens (tertiary/aromatic N) is 4. The fourth-order valence-electron chi connectivity index (χ4n) is 4.17. The maximum Gasteiger partial charge on any atom is 0.293 e. The smallest absolute Gasteiger partial charge is 0.293 e. The van der Waals surface area contributed by atoms with E-state index in [2.05, 4.69) is 11.9 Å². The molecule has 1 atom stereocenters. The number of hydrogen-bond acceptors (Lipinski definition) is 7. The van der Waals surface area contributed by atoms with E-state index in [4.69, 9.17) is 14.6 Å². The molecule has 0 radical (unpaired) electrons. The molecule has 1 amide bonds. The van der Waals surface area contributed by atoms with E-state index < -0.39 is 6.17 Å². The zero-order chi connectivity index (χ0) is 24.2. The standard InChI is InChI=1S/C25H28N4O4S/c1-5-6-9-14-34-25-26-23(31)22-18-10-7-8-11-19(18)28(16(2)30)24(29(22)27-25)17-12-13-20(32-3)21(15-17)33-4/h7-8,10-13,15,24H,5-6,9,14H2,1-4H3. The Morgan fingerprint density at radius 1 is 1.15 bits per heavy atom. The molecule has 0 aliphatic carbocycles. The van der Waals surface area contributed by atoms with Crippen LogP contribution in [0, 0.1) is 0 Å². The predicted molar refractivity (Wildman–Crippen MR) is 128 cm³/mol. The van der Waals surface area contributed by atoms with E-state index in [-0.39, 0.29) is 11.8 Å². The summed E-state index contributed by atoms with van der Waals surface area (Å²) in [5.41, 5.74) is 2.35. The number of anilines is 1. The van der Waals surface area contributed by atoms with E-state index >= 15 is 0 Å². The Morgan fingerprint density at radius 2 is 1.91 bits per heavy atom. The molecule has 9 heteroatoms. The molecule has 34 heavy (non-hydrogen) atoms. The van der Waals surface area contributed by atoms with Crippen molar-refractivity contribution in [2.75, 3.05) is 24.9 Å². The van der Waals surface area contributed by atoms with E-state index in [9.17, 15) is 9.90 Å². The van der Waals surface area contributed by atoms with Gasteiger partial charge in [-0.2, -0.15) is 0 Å². The van der Waals surface area contributed by atoms with Gasteiger partial charge in [-0.15, -0.1) is 0 Å².